The van der Waals surface area contributed by atoms with E-state index in [1.54, 1.807) is 0 Å². The Labute approximate surface area is 117 Å². The smallest absolute Gasteiger partial charge is 0.0724 e. The van der Waals surface area contributed by atoms with Gasteiger partial charge >= 0.3 is 0 Å². The summed E-state index contributed by atoms with van der Waals surface area (Å²) < 4.78 is 5.64. The molecule has 0 aliphatic heterocycles. The van der Waals surface area contributed by atoms with Crippen molar-refractivity contribution in [3.63, 3.8) is 0 Å². The molecule has 1 aliphatic rings. The van der Waals surface area contributed by atoms with Crippen LogP contribution >= 0.6 is 0 Å². The second kappa shape index (κ2) is 7.06. The highest BCUT2D eigenvalue weighted by Crippen LogP contribution is 2.25. The van der Waals surface area contributed by atoms with Crippen molar-refractivity contribution in [3.05, 3.63) is 35.4 Å². The SMILES string of the molecule is CCC(NC1CCCCC1OC)c1ccc(C)cc1. The van der Waals surface area contributed by atoms with E-state index in [1.807, 2.05) is 7.11 Å². The fourth-order valence-electron chi connectivity index (χ4n) is 3.08. The van der Waals surface area contributed by atoms with E-state index >= 15 is 0 Å². The average molecular weight is 261 g/mol. The molecule has 1 N–H and O–H groups in total. The number of hydrogen-bond donors (Lipinski definition) is 1. The Balaban J connectivity index is 2.03. The maximum Gasteiger partial charge on any atom is 0.0724 e. The summed E-state index contributed by atoms with van der Waals surface area (Å²) in [7, 11) is 1.84. The van der Waals surface area contributed by atoms with E-state index in [0.717, 1.165) is 6.42 Å². The topological polar surface area (TPSA) is 21.3 Å². The van der Waals surface area contributed by atoms with Crippen molar-refractivity contribution in [2.75, 3.05) is 7.11 Å². The van der Waals surface area contributed by atoms with Crippen LogP contribution < -0.4 is 5.32 Å². The van der Waals surface area contributed by atoms with Gasteiger partial charge in [0.1, 0.15) is 0 Å². The van der Waals surface area contributed by atoms with Crippen LogP contribution in [0, 0.1) is 6.92 Å². The third kappa shape index (κ3) is 3.80. The normalized spacial score (nSPS) is 25.2. The van der Waals surface area contributed by atoms with Crippen LogP contribution in [0.2, 0.25) is 0 Å². The molecule has 0 aromatic heterocycles. The van der Waals surface area contributed by atoms with Gasteiger partial charge in [-0.2, -0.15) is 0 Å². The fraction of sp³-hybridized carbons (Fsp3) is 0.647. The molecule has 2 nitrogen and oxygen atoms in total. The van der Waals surface area contributed by atoms with Crippen LogP contribution in [0.3, 0.4) is 0 Å². The molecule has 1 aromatic carbocycles. The zero-order valence-electron chi connectivity index (χ0n) is 12.5. The lowest BCUT2D eigenvalue weighted by molar-refractivity contribution is 0.0374. The Kier molecular flexibility index (Phi) is 5.41. The van der Waals surface area contributed by atoms with E-state index in [2.05, 4.69) is 43.4 Å². The van der Waals surface area contributed by atoms with Crippen LogP contribution in [0.5, 0.6) is 0 Å². The predicted octanol–water partition coefficient (Wildman–Crippen LogP) is 3.99. The van der Waals surface area contributed by atoms with Crippen LogP contribution in [-0.4, -0.2) is 19.3 Å². The summed E-state index contributed by atoms with van der Waals surface area (Å²) in [6.45, 7) is 4.39. The second-order valence-electron chi connectivity index (χ2n) is 5.70. The molecular weight excluding hydrogens is 234 g/mol. The molecule has 2 rings (SSSR count). The van der Waals surface area contributed by atoms with Crippen molar-refractivity contribution < 1.29 is 4.74 Å². The molecule has 0 bridgehead atoms. The lowest BCUT2D eigenvalue weighted by Crippen LogP contribution is -2.44. The molecule has 3 unspecified atom stereocenters. The first-order valence-corrected chi connectivity index (χ1v) is 7.60. The van der Waals surface area contributed by atoms with E-state index < -0.39 is 0 Å². The van der Waals surface area contributed by atoms with Crippen LogP contribution in [0.4, 0.5) is 0 Å². The zero-order valence-corrected chi connectivity index (χ0v) is 12.5. The molecule has 106 valence electrons. The van der Waals surface area contributed by atoms with Crippen molar-refractivity contribution in [1.82, 2.24) is 5.32 Å². The first-order valence-electron chi connectivity index (χ1n) is 7.60. The molecule has 0 heterocycles. The lowest BCUT2D eigenvalue weighted by Gasteiger charge is -2.34. The van der Waals surface area contributed by atoms with Gasteiger partial charge in [-0.15, -0.1) is 0 Å². The van der Waals surface area contributed by atoms with Crippen LogP contribution in [-0.2, 0) is 4.74 Å². The number of methoxy groups -OCH3 is 1. The van der Waals surface area contributed by atoms with Gasteiger partial charge in [-0.1, -0.05) is 49.6 Å². The Hall–Kier alpha value is -0.860. The number of ether oxygens (including phenoxy) is 1. The Morgan fingerprint density at radius 3 is 2.53 bits per heavy atom. The highest BCUT2D eigenvalue weighted by molar-refractivity contribution is 5.24. The summed E-state index contributed by atoms with van der Waals surface area (Å²) >= 11 is 0. The van der Waals surface area contributed by atoms with E-state index in [-0.39, 0.29) is 0 Å². The van der Waals surface area contributed by atoms with Gasteiger partial charge in [-0.05, 0) is 31.7 Å². The number of rotatable bonds is 5. The van der Waals surface area contributed by atoms with Crippen LogP contribution in [0.15, 0.2) is 24.3 Å². The summed E-state index contributed by atoms with van der Waals surface area (Å²) in [6.07, 6.45) is 6.56. The third-order valence-corrected chi connectivity index (χ3v) is 4.31. The van der Waals surface area contributed by atoms with E-state index in [1.165, 1.54) is 36.8 Å². The van der Waals surface area contributed by atoms with Gasteiger partial charge < -0.3 is 10.1 Å². The van der Waals surface area contributed by atoms with Crippen molar-refractivity contribution in [2.45, 2.75) is 64.1 Å². The fourth-order valence-corrected chi connectivity index (χ4v) is 3.08. The minimum Gasteiger partial charge on any atom is -0.380 e. The Morgan fingerprint density at radius 2 is 1.89 bits per heavy atom. The molecule has 3 atom stereocenters. The van der Waals surface area contributed by atoms with E-state index in [4.69, 9.17) is 4.74 Å². The van der Waals surface area contributed by atoms with Gasteiger partial charge in [0, 0.05) is 19.2 Å². The number of benzene rings is 1. The van der Waals surface area contributed by atoms with Crippen molar-refractivity contribution in [2.24, 2.45) is 0 Å². The quantitative estimate of drug-likeness (QED) is 0.865. The highest BCUT2D eigenvalue weighted by Gasteiger charge is 2.26. The lowest BCUT2D eigenvalue weighted by atomic mass is 9.90. The molecule has 2 heteroatoms. The minimum atomic E-state index is 0.383. The summed E-state index contributed by atoms with van der Waals surface area (Å²) in [6, 6.07) is 9.86. The molecule has 0 radical (unpaired) electrons. The van der Waals surface area contributed by atoms with Gasteiger partial charge in [0.2, 0.25) is 0 Å². The molecule has 19 heavy (non-hydrogen) atoms. The van der Waals surface area contributed by atoms with E-state index in [9.17, 15) is 0 Å². The maximum atomic E-state index is 5.64. The van der Waals surface area contributed by atoms with Gasteiger partial charge in [0.25, 0.3) is 0 Å². The van der Waals surface area contributed by atoms with Crippen molar-refractivity contribution in [3.8, 4) is 0 Å². The summed E-state index contributed by atoms with van der Waals surface area (Å²) in [5.41, 5.74) is 2.72. The third-order valence-electron chi connectivity index (χ3n) is 4.31. The highest BCUT2D eigenvalue weighted by atomic mass is 16.5. The Morgan fingerprint density at radius 1 is 1.21 bits per heavy atom. The minimum absolute atomic E-state index is 0.383. The molecule has 0 amide bonds. The number of hydrogen-bond acceptors (Lipinski definition) is 2. The van der Waals surface area contributed by atoms with Crippen molar-refractivity contribution >= 4 is 0 Å². The van der Waals surface area contributed by atoms with Gasteiger partial charge in [-0.25, -0.2) is 0 Å². The largest absolute Gasteiger partial charge is 0.380 e. The molecular formula is C17H27NO. The van der Waals surface area contributed by atoms with Gasteiger partial charge in [-0.3, -0.25) is 0 Å². The summed E-state index contributed by atoms with van der Waals surface area (Å²) in [4.78, 5) is 0. The molecule has 1 aromatic rings. The van der Waals surface area contributed by atoms with Crippen molar-refractivity contribution in [1.29, 1.82) is 0 Å². The Bertz CT molecular complexity index is 373. The predicted molar refractivity (Wildman–Crippen MR) is 80.4 cm³/mol. The average Bonchev–Trinajstić information content (AvgIpc) is 2.46. The molecule has 0 spiro atoms. The number of nitrogens with one attached hydrogen (secondary N) is 1. The molecule has 1 fully saturated rings. The summed E-state index contributed by atoms with van der Waals surface area (Å²) in [5.74, 6) is 0. The van der Waals surface area contributed by atoms with Crippen LogP contribution in [0.25, 0.3) is 0 Å². The standard InChI is InChI=1S/C17H27NO/c1-4-15(14-11-9-13(2)10-12-14)18-16-7-5-6-8-17(16)19-3/h9-12,15-18H,4-8H2,1-3H3. The first kappa shape index (κ1) is 14.5. The maximum absolute atomic E-state index is 5.64. The van der Waals surface area contributed by atoms with Gasteiger partial charge in [0.05, 0.1) is 6.10 Å². The van der Waals surface area contributed by atoms with Crippen LogP contribution in [0.1, 0.15) is 56.2 Å². The zero-order chi connectivity index (χ0) is 13.7. The van der Waals surface area contributed by atoms with Gasteiger partial charge in [0.15, 0.2) is 0 Å². The number of aryl methyl sites for hydroxylation is 1. The first-order chi connectivity index (χ1) is 9.24. The monoisotopic (exact) mass is 261 g/mol. The molecule has 1 aliphatic carbocycles. The molecule has 1 saturated carbocycles. The summed E-state index contributed by atoms with van der Waals surface area (Å²) in [5, 5.41) is 3.82. The second-order valence-corrected chi connectivity index (χ2v) is 5.70. The van der Waals surface area contributed by atoms with E-state index in [0.29, 0.717) is 18.2 Å². The molecule has 0 saturated heterocycles.